The molecule has 21 heavy (non-hydrogen) atoms. The minimum Gasteiger partial charge on any atom is -0.495 e. The lowest BCUT2D eigenvalue weighted by Crippen LogP contribution is -2.18. The van der Waals surface area contributed by atoms with Crippen LogP contribution in [-0.2, 0) is 0 Å². The maximum absolute atomic E-state index is 12.1. The first-order valence-electron chi connectivity index (χ1n) is 6.44. The highest BCUT2D eigenvalue weighted by Crippen LogP contribution is 2.41. The third kappa shape index (κ3) is 2.05. The van der Waals surface area contributed by atoms with E-state index >= 15 is 0 Å². The molecule has 1 heterocycles. The van der Waals surface area contributed by atoms with Crippen molar-refractivity contribution >= 4 is 43.5 Å². The summed E-state index contributed by atoms with van der Waals surface area (Å²) in [5.41, 5.74) is 1.35. The molecule has 0 aliphatic rings. The summed E-state index contributed by atoms with van der Waals surface area (Å²) in [6.07, 6.45) is 1.65. The van der Waals surface area contributed by atoms with Gasteiger partial charge in [0.05, 0.1) is 22.7 Å². The Morgan fingerprint density at radius 2 is 1.95 bits per heavy atom. The third-order valence-electron chi connectivity index (χ3n) is 3.47. The van der Waals surface area contributed by atoms with E-state index in [4.69, 9.17) is 4.74 Å². The maximum Gasteiger partial charge on any atom is 0.251 e. The van der Waals surface area contributed by atoms with Gasteiger partial charge in [0.2, 0.25) is 0 Å². The molecular weight excluding hydrogens is 332 g/mol. The van der Waals surface area contributed by atoms with E-state index in [2.05, 4.69) is 26.2 Å². The van der Waals surface area contributed by atoms with Crippen LogP contribution in [0.3, 0.4) is 0 Å². The second kappa shape index (κ2) is 5.33. The van der Waals surface area contributed by atoms with Crippen LogP contribution in [0.25, 0.3) is 21.7 Å². The summed E-state index contributed by atoms with van der Waals surface area (Å²) < 4.78 is 6.27. The summed E-state index contributed by atoms with van der Waals surface area (Å²) in [5, 5.41) is 5.33. The standard InChI is InChI=1S/C16H13BrN2O2/c1-18-16(20)11-7-8-19-14-9-5-3-4-6-10(9)15(21-2)13(17)12(11)14/h3-8H,1-2H3,(H,18,20). The summed E-state index contributed by atoms with van der Waals surface area (Å²) in [6.45, 7) is 0. The van der Waals surface area contributed by atoms with Crippen LogP contribution < -0.4 is 10.1 Å². The largest absolute Gasteiger partial charge is 0.495 e. The van der Waals surface area contributed by atoms with Gasteiger partial charge in [0.25, 0.3) is 5.91 Å². The number of ether oxygens (including phenoxy) is 1. The molecule has 3 rings (SSSR count). The van der Waals surface area contributed by atoms with Gasteiger partial charge < -0.3 is 10.1 Å². The van der Waals surface area contributed by atoms with Crippen molar-refractivity contribution in [3.8, 4) is 5.75 Å². The highest BCUT2D eigenvalue weighted by atomic mass is 79.9. The zero-order valence-electron chi connectivity index (χ0n) is 11.6. The van der Waals surface area contributed by atoms with Gasteiger partial charge in [-0.05, 0) is 22.0 Å². The Hall–Kier alpha value is -2.14. The topological polar surface area (TPSA) is 51.2 Å². The molecule has 0 fully saturated rings. The number of amides is 1. The van der Waals surface area contributed by atoms with E-state index in [0.29, 0.717) is 11.3 Å². The summed E-state index contributed by atoms with van der Waals surface area (Å²) in [4.78, 5) is 16.6. The third-order valence-corrected chi connectivity index (χ3v) is 4.23. The number of halogens is 1. The van der Waals surface area contributed by atoms with Crippen molar-refractivity contribution in [3.63, 3.8) is 0 Å². The Kier molecular flexibility index (Phi) is 3.51. The van der Waals surface area contributed by atoms with Gasteiger partial charge in [-0.15, -0.1) is 0 Å². The normalized spacial score (nSPS) is 10.8. The summed E-state index contributed by atoms with van der Waals surface area (Å²) in [5.74, 6) is 0.552. The van der Waals surface area contributed by atoms with E-state index in [1.165, 1.54) is 0 Å². The fraction of sp³-hybridized carbons (Fsp3) is 0.125. The molecule has 1 aromatic heterocycles. The molecule has 2 aromatic carbocycles. The molecule has 0 atom stereocenters. The first-order valence-corrected chi connectivity index (χ1v) is 7.23. The van der Waals surface area contributed by atoms with Crippen molar-refractivity contribution in [2.24, 2.45) is 0 Å². The minimum atomic E-state index is -0.152. The molecule has 4 nitrogen and oxygen atoms in total. The smallest absolute Gasteiger partial charge is 0.251 e. The number of pyridine rings is 1. The number of fused-ring (bicyclic) bond motifs is 3. The number of benzene rings is 2. The fourth-order valence-corrected chi connectivity index (χ4v) is 3.31. The lowest BCUT2D eigenvalue weighted by Gasteiger charge is -2.14. The molecule has 0 unspecified atom stereocenters. The van der Waals surface area contributed by atoms with E-state index in [9.17, 15) is 4.79 Å². The lowest BCUT2D eigenvalue weighted by atomic mass is 10.0. The molecule has 5 heteroatoms. The average Bonchev–Trinajstić information content (AvgIpc) is 2.54. The van der Waals surface area contributed by atoms with Crippen molar-refractivity contribution in [2.45, 2.75) is 0 Å². The van der Waals surface area contributed by atoms with Crippen LogP contribution in [0.1, 0.15) is 10.4 Å². The van der Waals surface area contributed by atoms with E-state index < -0.39 is 0 Å². The van der Waals surface area contributed by atoms with Gasteiger partial charge in [0, 0.05) is 29.4 Å². The van der Waals surface area contributed by atoms with Crippen LogP contribution in [-0.4, -0.2) is 25.0 Å². The van der Waals surface area contributed by atoms with E-state index in [-0.39, 0.29) is 5.91 Å². The number of aromatic nitrogens is 1. The van der Waals surface area contributed by atoms with E-state index in [0.717, 1.165) is 26.1 Å². The molecular formula is C16H13BrN2O2. The predicted molar refractivity (Wildman–Crippen MR) is 86.9 cm³/mol. The first-order chi connectivity index (χ1) is 10.2. The van der Waals surface area contributed by atoms with Crippen molar-refractivity contribution in [3.05, 3.63) is 46.6 Å². The second-order valence-electron chi connectivity index (χ2n) is 4.55. The summed E-state index contributed by atoms with van der Waals surface area (Å²) in [6, 6.07) is 9.56. The first kappa shape index (κ1) is 13.8. The van der Waals surface area contributed by atoms with Gasteiger partial charge >= 0.3 is 0 Å². The highest BCUT2D eigenvalue weighted by molar-refractivity contribution is 9.10. The number of nitrogens with zero attached hydrogens (tertiary/aromatic N) is 1. The molecule has 0 spiro atoms. The quantitative estimate of drug-likeness (QED) is 0.723. The molecule has 0 saturated carbocycles. The number of nitrogens with one attached hydrogen (secondary N) is 1. The van der Waals surface area contributed by atoms with E-state index in [1.807, 2.05) is 24.3 Å². The van der Waals surface area contributed by atoms with Crippen LogP contribution in [0.2, 0.25) is 0 Å². The Labute approximate surface area is 130 Å². The van der Waals surface area contributed by atoms with Crippen LogP contribution in [0, 0.1) is 0 Å². The number of hydrogen-bond acceptors (Lipinski definition) is 3. The molecule has 0 saturated heterocycles. The van der Waals surface area contributed by atoms with Crippen molar-refractivity contribution < 1.29 is 9.53 Å². The van der Waals surface area contributed by atoms with Gasteiger partial charge in [0.1, 0.15) is 5.75 Å². The monoisotopic (exact) mass is 344 g/mol. The van der Waals surface area contributed by atoms with Crippen LogP contribution in [0.5, 0.6) is 5.75 Å². The second-order valence-corrected chi connectivity index (χ2v) is 5.35. The average molecular weight is 345 g/mol. The number of rotatable bonds is 2. The Bertz CT molecular complexity index is 862. The van der Waals surface area contributed by atoms with Crippen molar-refractivity contribution in [1.82, 2.24) is 10.3 Å². The highest BCUT2D eigenvalue weighted by Gasteiger charge is 2.19. The SMILES string of the molecule is CNC(=O)c1ccnc2c1c(Br)c(OC)c1ccccc12. The number of methoxy groups -OCH3 is 1. The molecule has 3 aromatic rings. The maximum atomic E-state index is 12.1. The number of carbonyl (C=O) groups is 1. The molecule has 0 radical (unpaired) electrons. The Morgan fingerprint density at radius 3 is 2.62 bits per heavy atom. The predicted octanol–water partition coefficient (Wildman–Crippen LogP) is 3.52. The number of hydrogen-bond donors (Lipinski definition) is 1. The van der Waals surface area contributed by atoms with Gasteiger partial charge in [-0.3, -0.25) is 9.78 Å². The molecule has 1 N–H and O–H groups in total. The Balaban J connectivity index is 2.57. The van der Waals surface area contributed by atoms with Gasteiger partial charge in [0.15, 0.2) is 0 Å². The van der Waals surface area contributed by atoms with Crippen molar-refractivity contribution in [1.29, 1.82) is 0 Å². The molecule has 0 aliphatic carbocycles. The summed E-state index contributed by atoms with van der Waals surface area (Å²) >= 11 is 3.57. The van der Waals surface area contributed by atoms with Crippen molar-refractivity contribution in [2.75, 3.05) is 14.2 Å². The molecule has 1 amide bonds. The lowest BCUT2D eigenvalue weighted by molar-refractivity contribution is 0.0964. The fourth-order valence-electron chi connectivity index (χ4n) is 2.53. The van der Waals surface area contributed by atoms with Gasteiger partial charge in [-0.2, -0.15) is 0 Å². The Morgan fingerprint density at radius 1 is 1.24 bits per heavy atom. The van der Waals surface area contributed by atoms with Gasteiger partial charge in [-0.1, -0.05) is 24.3 Å². The van der Waals surface area contributed by atoms with Crippen LogP contribution in [0.4, 0.5) is 0 Å². The zero-order valence-corrected chi connectivity index (χ0v) is 13.2. The van der Waals surface area contributed by atoms with E-state index in [1.54, 1.807) is 26.4 Å². The molecule has 0 bridgehead atoms. The minimum absolute atomic E-state index is 0.152. The number of carbonyl (C=O) groups excluding carboxylic acids is 1. The summed E-state index contributed by atoms with van der Waals surface area (Å²) in [7, 11) is 3.23. The van der Waals surface area contributed by atoms with Gasteiger partial charge in [-0.25, -0.2) is 0 Å². The van der Waals surface area contributed by atoms with Crippen LogP contribution >= 0.6 is 15.9 Å². The molecule has 106 valence electrons. The zero-order chi connectivity index (χ0) is 15.0. The molecule has 0 aliphatic heterocycles. The van der Waals surface area contributed by atoms with Crippen LogP contribution in [0.15, 0.2) is 41.0 Å².